The van der Waals surface area contributed by atoms with E-state index in [0.29, 0.717) is 0 Å². The monoisotopic (exact) mass is 301 g/mol. The van der Waals surface area contributed by atoms with Crippen LogP contribution in [0.3, 0.4) is 0 Å². The molecule has 114 valence electrons. The van der Waals surface area contributed by atoms with E-state index in [4.69, 9.17) is 5.26 Å². The molecule has 0 spiro atoms. The maximum atomic E-state index is 13.7. The predicted molar refractivity (Wildman–Crippen MR) is 77.1 cm³/mol. The van der Waals surface area contributed by atoms with Gasteiger partial charge >= 0.3 is 0 Å². The molecule has 1 aromatic carbocycles. The van der Waals surface area contributed by atoms with Gasteiger partial charge in [0.25, 0.3) is 0 Å². The number of hydrogen-bond donors (Lipinski definition) is 2. The van der Waals surface area contributed by atoms with Gasteiger partial charge in [0, 0.05) is 11.6 Å². The summed E-state index contributed by atoms with van der Waals surface area (Å²) >= 11 is 0. The fourth-order valence-corrected chi connectivity index (χ4v) is 3.11. The van der Waals surface area contributed by atoms with E-state index in [9.17, 15) is 14.6 Å². The number of phenolic OH excluding ortho intramolecular Hbond substituents is 1. The number of halogens is 1. The Balaban J connectivity index is 2.05. The van der Waals surface area contributed by atoms with Gasteiger partial charge in [-0.25, -0.2) is 9.07 Å². The molecular weight excluding hydrogens is 285 g/mol. The number of rotatable bonds is 3. The minimum Gasteiger partial charge on any atom is -0.503 e. The average Bonchev–Trinajstić information content (AvgIpc) is 3.19. The summed E-state index contributed by atoms with van der Waals surface area (Å²) in [7, 11) is 0. The zero-order chi connectivity index (χ0) is 15.7. The molecule has 2 aromatic rings. The third-order valence-corrected chi connectivity index (χ3v) is 4.41. The molecule has 0 radical (unpaired) electrons. The summed E-state index contributed by atoms with van der Waals surface area (Å²) in [6, 6.07) is 6.00. The molecule has 1 aliphatic rings. The second-order valence-corrected chi connectivity index (χ2v) is 5.73. The van der Waals surface area contributed by atoms with Crippen LogP contribution in [0.2, 0.25) is 0 Å². The zero-order valence-corrected chi connectivity index (χ0v) is 12.0. The van der Waals surface area contributed by atoms with Crippen molar-refractivity contribution in [2.45, 2.75) is 31.1 Å². The average molecular weight is 301 g/mol. The summed E-state index contributed by atoms with van der Waals surface area (Å²) in [5, 5.41) is 32.9. The number of aromatic hydroxyl groups is 1. The Kier molecular flexibility index (Phi) is 3.59. The molecule has 1 aromatic heterocycles. The highest BCUT2D eigenvalue weighted by Crippen LogP contribution is 2.40. The Bertz CT molecular complexity index is 742. The largest absolute Gasteiger partial charge is 0.503 e. The van der Waals surface area contributed by atoms with Gasteiger partial charge in [-0.1, -0.05) is 12.8 Å². The van der Waals surface area contributed by atoms with Gasteiger partial charge in [-0.3, -0.25) is 0 Å². The van der Waals surface area contributed by atoms with Crippen LogP contribution >= 0.6 is 0 Å². The van der Waals surface area contributed by atoms with Gasteiger partial charge in [-0.15, -0.1) is 0 Å². The number of aliphatic hydroxyl groups excluding tert-OH is 1. The molecule has 0 amide bonds. The third kappa shape index (κ3) is 2.24. The van der Waals surface area contributed by atoms with Crippen LogP contribution in [0.5, 0.6) is 5.75 Å². The molecule has 0 atom stereocenters. The van der Waals surface area contributed by atoms with Crippen molar-refractivity contribution >= 4 is 0 Å². The number of phenols is 1. The van der Waals surface area contributed by atoms with Gasteiger partial charge in [0.2, 0.25) is 0 Å². The summed E-state index contributed by atoms with van der Waals surface area (Å²) < 4.78 is 15.0. The van der Waals surface area contributed by atoms with Crippen molar-refractivity contribution in [2.24, 2.45) is 0 Å². The van der Waals surface area contributed by atoms with E-state index in [0.717, 1.165) is 37.4 Å². The van der Waals surface area contributed by atoms with E-state index in [1.165, 1.54) is 10.7 Å². The van der Waals surface area contributed by atoms with Gasteiger partial charge in [-0.2, -0.15) is 10.4 Å². The first-order valence-electron chi connectivity index (χ1n) is 7.20. The van der Waals surface area contributed by atoms with Gasteiger partial charge < -0.3 is 10.2 Å². The van der Waals surface area contributed by atoms with Crippen LogP contribution < -0.4 is 0 Å². The molecule has 1 fully saturated rings. The van der Waals surface area contributed by atoms with Gasteiger partial charge in [0.15, 0.2) is 11.6 Å². The van der Waals surface area contributed by atoms with Crippen molar-refractivity contribution in [2.75, 3.05) is 6.61 Å². The normalized spacial score (nSPS) is 16.6. The standard InChI is InChI=1S/C16H16FN3O2/c17-12-7-11(9-18)8-13(15(12)22)20-6-3-14(19-20)16(10-21)4-1-2-5-16/h3,6-8,21-22H,1-2,4-5,10H2. The van der Waals surface area contributed by atoms with Crippen LogP contribution in [0.1, 0.15) is 36.9 Å². The van der Waals surface area contributed by atoms with Crippen molar-refractivity contribution < 1.29 is 14.6 Å². The number of nitriles is 1. The van der Waals surface area contributed by atoms with E-state index in [-0.39, 0.29) is 23.3 Å². The minimum atomic E-state index is -0.858. The van der Waals surface area contributed by atoms with Gasteiger partial charge in [0.1, 0.15) is 5.69 Å². The fraction of sp³-hybridized carbons (Fsp3) is 0.375. The molecule has 0 aliphatic heterocycles. The van der Waals surface area contributed by atoms with Crippen LogP contribution in [-0.4, -0.2) is 26.6 Å². The van der Waals surface area contributed by atoms with E-state index < -0.39 is 11.6 Å². The second-order valence-electron chi connectivity index (χ2n) is 5.73. The maximum Gasteiger partial charge on any atom is 0.177 e. The molecule has 5 nitrogen and oxygen atoms in total. The Morgan fingerprint density at radius 3 is 2.73 bits per heavy atom. The third-order valence-electron chi connectivity index (χ3n) is 4.41. The summed E-state index contributed by atoms with van der Waals surface area (Å²) in [6.07, 6.45) is 5.41. The first-order valence-corrected chi connectivity index (χ1v) is 7.20. The smallest absolute Gasteiger partial charge is 0.177 e. The molecule has 0 saturated heterocycles. The fourth-order valence-electron chi connectivity index (χ4n) is 3.11. The predicted octanol–water partition coefficient (Wildman–Crippen LogP) is 2.39. The highest BCUT2D eigenvalue weighted by Gasteiger charge is 2.37. The van der Waals surface area contributed by atoms with Crippen molar-refractivity contribution in [3.63, 3.8) is 0 Å². The van der Waals surface area contributed by atoms with Crippen molar-refractivity contribution in [1.82, 2.24) is 9.78 Å². The molecule has 22 heavy (non-hydrogen) atoms. The minimum absolute atomic E-state index is 0.0165. The van der Waals surface area contributed by atoms with Crippen molar-refractivity contribution in [3.8, 4) is 17.5 Å². The van der Waals surface area contributed by atoms with Crippen LogP contribution in [0.15, 0.2) is 24.4 Å². The molecular formula is C16H16FN3O2. The zero-order valence-electron chi connectivity index (χ0n) is 12.0. The summed E-state index contributed by atoms with van der Waals surface area (Å²) in [6.45, 7) is 0.0165. The number of hydrogen-bond acceptors (Lipinski definition) is 4. The van der Waals surface area contributed by atoms with Crippen LogP contribution in [-0.2, 0) is 5.41 Å². The van der Waals surface area contributed by atoms with Crippen molar-refractivity contribution in [1.29, 1.82) is 5.26 Å². The van der Waals surface area contributed by atoms with E-state index >= 15 is 0 Å². The molecule has 1 aliphatic carbocycles. The lowest BCUT2D eigenvalue weighted by Crippen LogP contribution is -2.27. The van der Waals surface area contributed by atoms with E-state index in [2.05, 4.69) is 5.10 Å². The molecule has 0 bridgehead atoms. The number of nitrogens with zero attached hydrogens (tertiary/aromatic N) is 3. The first-order chi connectivity index (χ1) is 10.6. The first kappa shape index (κ1) is 14.5. The Morgan fingerprint density at radius 2 is 2.09 bits per heavy atom. The Labute approximate surface area is 127 Å². The number of benzene rings is 1. The number of aliphatic hydroxyl groups is 1. The number of aromatic nitrogens is 2. The molecule has 1 heterocycles. The van der Waals surface area contributed by atoms with Crippen LogP contribution in [0.25, 0.3) is 5.69 Å². The Morgan fingerprint density at radius 1 is 1.36 bits per heavy atom. The lowest BCUT2D eigenvalue weighted by molar-refractivity contribution is 0.192. The lowest BCUT2D eigenvalue weighted by atomic mass is 9.84. The van der Waals surface area contributed by atoms with Crippen LogP contribution in [0.4, 0.5) is 4.39 Å². The summed E-state index contributed by atoms with van der Waals surface area (Å²) in [4.78, 5) is 0. The SMILES string of the molecule is N#Cc1cc(F)c(O)c(-n2ccc(C3(CO)CCCC3)n2)c1. The lowest BCUT2D eigenvalue weighted by Gasteiger charge is -2.23. The van der Waals surface area contributed by atoms with Crippen molar-refractivity contribution in [3.05, 3.63) is 41.5 Å². The summed E-state index contributed by atoms with van der Waals surface area (Å²) in [5.41, 5.74) is 0.607. The van der Waals surface area contributed by atoms with Gasteiger partial charge in [-0.05, 0) is 31.0 Å². The molecule has 1 saturated carbocycles. The Hall–Kier alpha value is -2.39. The molecule has 2 N–H and O–H groups in total. The maximum absolute atomic E-state index is 13.7. The second kappa shape index (κ2) is 5.43. The molecule has 3 rings (SSSR count). The van der Waals surface area contributed by atoms with E-state index in [1.54, 1.807) is 12.3 Å². The topological polar surface area (TPSA) is 82.1 Å². The highest BCUT2D eigenvalue weighted by molar-refractivity contribution is 5.51. The molecule has 6 heteroatoms. The highest BCUT2D eigenvalue weighted by atomic mass is 19.1. The quantitative estimate of drug-likeness (QED) is 0.912. The van der Waals surface area contributed by atoms with E-state index in [1.807, 2.05) is 6.07 Å². The van der Waals surface area contributed by atoms with Gasteiger partial charge in [0.05, 0.1) is 23.9 Å². The molecule has 0 unspecified atom stereocenters. The summed E-state index contributed by atoms with van der Waals surface area (Å²) in [5.74, 6) is -1.40. The van der Waals surface area contributed by atoms with Crippen LogP contribution in [0, 0.1) is 17.1 Å².